The highest BCUT2D eigenvalue weighted by molar-refractivity contribution is 7.98. The Hall–Kier alpha value is -4.63. The van der Waals surface area contributed by atoms with Gasteiger partial charge in [0.2, 0.25) is 0 Å². The van der Waals surface area contributed by atoms with Gasteiger partial charge in [-0.3, -0.25) is 14.2 Å². The number of hydrogen-bond donors (Lipinski definition) is 0. The molecule has 46 heavy (non-hydrogen) atoms. The second kappa shape index (κ2) is 16.6. The van der Waals surface area contributed by atoms with Crippen LogP contribution < -0.4 is 5.56 Å². The number of carbonyl (C=O) groups excluding carboxylic acids is 1. The Morgan fingerprint density at radius 1 is 0.848 bits per heavy atom. The van der Waals surface area contributed by atoms with Crippen LogP contribution in [0.2, 0.25) is 0 Å². The summed E-state index contributed by atoms with van der Waals surface area (Å²) < 4.78 is 15.3. The molecule has 2 heterocycles. The summed E-state index contributed by atoms with van der Waals surface area (Å²) in [5, 5.41) is 0.499. The zero-order valence-corrected chi connectivity index (χ0v) is 26.8. The van der Waals surface area contributed by atoms with E-state index < -0.39 is 0 Å². The van der Waals surface area contributed by atoms with Gasteiger partial charge in [-0.15, -0.1) is 0 Å². The fourth-order valence-electron chi connectivity index (χ4n) is 5.17. The van der Waals surface area contributed by atoms with Crippen molar-refractivity contribution in [3.8, 4) is 5.69 Å². The molecule has 0 saturated carbocycles. The van der Waals surface area contributed by atoms with Crippen molar-refractivity contribution in [3.63, 3.8) is 0 Å². The first-order valence-corrected chi connectivity index (χ1v) is 16.7. The number of amides is 1. The van der Waals surface area contributed by atoms with Crippen LogP contribution >= 0.6 is 11.8 Å². The summed E-state index contributed by atoms with van der Waals surface area (Å²) in [5.74, 6) is 0.188. The molecule has 0 fully saturated rings. The number of thioether (sulfide) groups is 1. The maximum atomic E-state index is 13.8. The van der Waals surface area contributed by atoms with Crippen molar-refractivity contribution < 1.29 is 9.18 Å². The van der Waals surface area contributed by atoms with Crippen molar-refractivity contribution in [2.75, 3.05) is 6.54 Å². The van der Waals surface area contributed by atoms with Gasteiger partial charge < -0.3 is 4.90 Å². The molecule has 0 aliphatic rings. The molecule has 0 N–H and O–H groups in total. The van der Waals surface area contributed by atoms with Crippen molar-refractivity contribution in [1.29, 1.82) is 0 Å². The monoisotopic (exact) mass is 635 g/mol. The highest BCUT2D eigenvalue weighted by Crippen LogP contribution is 2.25. The van der Waals surface area contributed by atoms with Gasteiger partial charge in [0.25, 0.3) is 11.5 Å². The van der Waals surface area contributed by atoms with Crippen LogP contribution in [0, 0.1) is 5.82 Å². The Kier molecular flexibility index (Phi) is 11.8. The number of halogens is 1. The molecule has 0 radical (unpaired) electrons. The van der Waals surface area contributed by atoms with Gasteiger partial charge in [0.1, 0.15) is 12.1 Å². The summed E-state index contributed by atoms with van der Waals surface area (Å²) in [6.07, 6.45) is 12.6. The second-order valence-electron chi connectivity index (χ2n) is 11.2. The van der Waals surface area contributed by atoms with E-state index >= 15 is 0 Å². The van der Waals surface area contributed by atoms with Gasteiger partial charge in [-0.05, 0) is 59.5 Å². The van der Waals surface area contributed by atoms with E-state index in [0.717, 1.165) is 35.2 Å². The third-order valence-electron chi connectivity index (χ3n) is 7.68. The van der Waals surface area contributed by atoms with Crippen LogP contribution in [0.15, 0.2) is 114 Å². The average Bonchev–Trinajstić information content (AvgIpc) is 3.09. The molecule has 5 aromatic rings. The Morgan fingerprint density at radius 3 is 2.28 bits per heavy atom. The molecule has 9 heteroatoms. The molecule has 0 atom stereocenters. The van der Waals surface area contributed by atoms with Crippen LogP contribution in [0.4, 0.5) is 4.39 Å². The van der Waals surface area contributed by atoms with E-state index in [1.807, 2.05) is 64.1 Å². The van der Waals surface area contributed by atoms with E-state index in [4.69, 9.17) is 0 Å². The van der Waals surface area contributed by atoms with Gasteiger partial charge in [-0.25, -0.2) is 14.4 Å². The van der Waals surface area contributed by atoms with Crippen molar-refractivity contribution in [2.24, 2.45) is 0 Å². The highest BCUT2D eigenvalue weighted by atomic mass is 32.2. The molecular formula is C37H38FN5O2S. The number of carbonyl (C=O) groups is 1. The van der Waals surface area contributed by atoms with E-state index in [0.29, 0.717) is 41.5 Å². The zero-order chi connectivity index (χ0) is 32.1. The maximum absolute atomic E-state index is 13.8. The maximum Gasteiger partial charge on any atom is 0.277 e. The van der Waals surface area contributed by atoms with Crippen LogP contribution in [0.3, 0.4) is 0 Å². The molecule has 1 amide bonds. The number of unbranched alkanes of at least 4 members (excludes halogenated alkanes) is 4. The topological polar surface area (TPSA) is 81.0 Å². The molecule has 0 bridgehead atoms. The summed E-state index contributed by atoms with van der Waals surface area (Å²) in [6, 6.07) is 23.8. The smallest absolute Gasteiger partial charge is 0.277 e. The van der Waals surface area contributed by atoms with E-state index in [2.05, 4.69) is 21.9 Å². The van der Waals surface area contributed by atoms with Crippen molar-refractivity contribution in [1.82, 2.24) is 24.4 Å². The summed E-state index contributed by atoms with van der Waals surface area (Å²) in [6.45, 7) is 3.44. The Balaban J connectivity index is 1.41. The minimum Gasteiger partial charge on any atom is -0.334 e. The molecule has 236 valence electrons. The third-order valence-corrected chi connectivity index (χ3v) is 8.70. The lowest BCUT2D eigenvalue weighted by Gasteiger charge is -2.23. The van der Waals surface area contributed by atoms with Gasteiger partial charge in [-0.2, -0.15) is 4.98 Å². The molecule has 0 saturated heterocycles. The van der Waals surface area contributed by atoms with Crippen molar-refractivity contribution in [2.45, 2.75) is 62.9 Å². The van der Waals surface area contributed by atoms with E-state index in [1.54, 1.807) is 30.7 Å². The van der Waals surface area contributed by atoms with Crippen LogP contribution in [-0.2, 0) is 18.7 Å². The predicted octanol–water partition coefficient (Wildman–Crippen LogP) is 7.66. The summed E-state index contributed by atoms with van der Waals surface area (Å²) in [4.78, 5) is 41.4. The molecule has 3 aromatic carbocycles. The number of rotatable bonds is 15. The molecule has 7 nitrogen and oxygen atoms in total. The van der Waals surface area contributed by atoms with Gasteiger partial charge in [0, 0.05) is 60.7 Å². The van der Waals surface area contributed by atoms with Crippen LogP contribution in [0.25, 0.3) is 5.69 Å². The Labute approximate surface area is 273 Å². The number of hydrogen-bond acceptors (Lipinski definition) is 6. The number of aromatic nitrogens is 4. The Morgan fingerprint density at radius 2 is 1.57 bits per heavy atom. The van der Waals surface area contributed by atoms with Crippen LogP contribution in [0.1, 0.15) is 71.6 Å². The summed E-state index contributed by atoms with van der Waals surface area (Å²) in [7, 11) is 0. The van der Waals surface area contributed by atoms with E-state index in [-0.39, 0.29) is 17.3 Å². The minimum absolute atomic E-state index is 0.0143. The van der Waals surface area contributed by atoms with Gasteiger partial charge in [0.05, 0.1) is 0 Å². The lowest BCUT2D eigenvalue weighted by molar-refractivity contribution is 0.0740. The van der Waals surface area contributed by atoms with Crippen molar-refractivity contribution in [3.05, 3.63) is 148 Å². The van der Waals surface area contributed by atoms with E-state index in [1.165, 1.54) is 49.5 Å². The number of nitrogens with zero attached hydrogens (tertiary/aromatic N) is 5. The average molecular weight is 636 g/mol. The number of benzene rings is 3. The largest absolute Gasteiger partial charge is 0.334 e. The lowest BCUT2D eigenvalue weighted by atomic mass is 10.1. The summed E-state index contributed by atoms with van der Waals surface area (Å²) >= 11 is 1.39. The third kappa shape index (κ3) is 9.20. The quantitative estimate of drug-likeness (QED) is 0.0668. The first kappa shape index (κ1) is 32.8. The van der Waals surface area contributed by atoms with Crippen molar-refractivity contribution >= 4 is 17.7 Å². The standard InChI is InChI=1S/C37H38FN5O2S/c1-2-3-4-5-9-20-42(24-28-10-7-6-8-11-28)36(45)31-14-18-34(19-15-31)43-25-32(21-30-22-39-27-40-23-30)35(44)41-37(43)46-26-29-12-16-33(38)17-13-29/h6-8,10-19,22-23,25,27H,2-5,9,20-21,24,26H2,1H3. The molecule has 2 aromatic heterocycles. The normalized spacial score (nSPS) is 11.0. The van der Waals surface area contributed by atoms with E-state index in [9.17, 15) is 14.0 Å². The minimum atomic E-state index is -0.330. The lowest BCUT2D eigenvalue weighted by Crippen LogP contribution is -2.31. The fourth-order valence-corrected chi connectivity index (χ4v) is 6.10. The van der Waals surface area contributed by atoms with Gasteiger partial charge in [-0.1, -0.05) is 86.8 Å². The first-order valence-electron chi connectivity index (χ1n) is 15.7. The molecule has 5 rings (SSSR count). The second-order valence-corrected chi connectivity index (χ2v) is 12.2. The van der Waals surface area contributed by atoms with Gasteiger partial charge >= 0.3 is 0 Å². The highest BCUT2D eigenvalue weighted by Gasteiger charge is 2.18. The predicted molar refractivity (Wildman–Crippen MR) is 181 cm³/mol. The molecule has 0 spiro atoms. The molecule has 0 aliphatic carbocycles. The molecular weight excluding hydrogens is 598 g/mol. The summed E-state index contributed by atoms with van der Waals surface area (Å²) in [5.41, 5.74) is 4.34. The fraction of sp³-hybridized carbons (Fsp3) is 0.270. The zero-order valence-electron chi connectivity index (χ0n) is 26.0. The van der Waals surface area contributed by atoms with Gasteiger partial charge in [0.15, 0.2) is 5.16 Å². The molecule has 0 unspecified atom stereocenters. The SMILES string of the molecule is CCCCCCCN(Cc1ccccc1)C(=O)c1ccc(-n2cc(Cc3cncnc3)c(=O)nc2SCc2ccc(F)cc2)cc1. The first-order chi connectivity index (χ1) is 22.5. The van der Waals surface area contributed by atoms with Crippen LogP contribution in [-0.4, -0.2) is 36.9 Å². The van der Waals surface area contributed by atoms with Crippen LogP contribution in [0.5, 0.6) is 0 Å². The Bertz CT molecular complexity index is 1750. The molecule has 0 aliphatic heterocycles.